The molecule has 1 fully saturated rings. The third-order valence-electron chi connectivity index (χ3n) is 6.34. The summed E-state index contributed by atoms with van der Waals surface area (Å²) in [5.74, 6) is 0.0434. The minimum absolute atomic E-state index is 0.0862. The van der Waals surface area contributed by atoms with Crippen molar-refractivity contribution in [1.82, 2.24) is 14.5 Å². The zero-order valence-electron chi connectivity index (χ0n) is 19.1. The smallest absolute Gasteiger partial charge is 0.270 e. The van der Waals surface area contributed by atoms with Gasteiger partial charge in [-0.1, -0.05) is 6.57 Å². The number of aromatic nitrogens is 3. The predicted octanol–water partition coefficient (Wildman–Crippen LogP) is 4.85. The molecule has 1 saturated heterocycles. The SMILES string of the molecule is [C-]#[N+]c1ccc2c(n1)c(N1C[C@@H](C)N(c3nc(-c4ccc(F)cc4)cs3)C[C@@H]1C)cc(=O)n2C. The topological polar surface area (TPSA) is 58.6 Å². The summed E-state index contributed by atoms with van der Waals surface area (Å²) >= 11 is 1.57. The minimum Gasteiger partial charge on any atom is -0.361 e. The normalized spacial score (nSPS) is 18.3. The van der Waals surface area contributed by atoms with E-state index in [1.165, 1.54) is 12.1 Å². The van der Waals surface area contributed by atoms with Gasteiger partial charge in [0.2, 0.25) is 5.52 Å². The van der Waals surface area contributed by atoms with Gasteiger partial charge >= 0.3 is 0 Å². The van der Waals surface area contributed by atoms with Crippen molar-refractivity contribution in [2.75, 3.05) is 22.9 Å². The van der Waals surface area contributed by atoms with Crippen LogP contribution >= 0.6 is 11.3 Å². The van der Waals surface area contributed by atoms with Crippen molar-refractivity contribution in [3.8, 4) is 11.3 Å². The van der Waals surface area contributed by atoms with Gasteiger partial charge in [-0.15, -0.1) is 16.3 Å². The summed E-state index contributed by atoms with van der Waals surface area (Å²) in [4.78, 5) is 30.0. The molecule has 0 amide bonds. The number of hydrogen-bond donors (Lipinski definition) is 0. The summed E-state index contributed by atoms with van der Waals surface area (Å²) in [6.45, 7) is 13.0. The molecule has 0 aliphatic carbocycles. The minimum atomic E-state index is -0.265. The van der Waals surface area contributed by atoms with Gasteiger partial charge in [0.05, 0.1) is 16.9 Å². The van der Waals surface area contributed by atoms with Gasteiger partial charge in [-0.25, -0.2) is 9.37 Å². The maximum Gasteiger partial charge on any atom is 0.270 e. The second-order valence-corrected chi connectivity index (χ2v) is 9.44. The van der Waals surface area contributed by atoms with Gasteiger partial charge < -0.3 is 19.2 Å². The van der Waals surface area contributed by atoms with Gasteiger partial charge in [-0.05, 0) is 50.2 Å². The first-order valence-corrected chi connectivity index (χ1v) is 11.9. The van der Waals surface area contributed by atoms with Crippen molar-refractivity contribution in [2.24, 2.45) is 7.05 Å². The molecule has 3 aromatic heterocycles. The van der Waals surface area contributed by atoms with E-state index in [1.54, 1.807) is 53.3 Å². The van der Waals surface area contributed by atoms with Crippen molar-refractivity contribution in [1.29, 1.82) is 0 Å². The molecule has 0 saturated carbocycles. The van der Waals surface area contributed by atoms with Crippen LogP contribution in [0, 0.1) is 12.4 Å². The van der Waals surface area contributed by atoms with Crippen molar-refractivity contribution in [2.45, 2.75) is 25.9 Å². The van der Waals surface area contributed by atoms with E-state index in [4.69, 9.17) is 11.6 Å². The van der Waals surface area contributed by atoms with Gasteiger partial charge in [0.15, 0.2) is 5.13 Å². The van der Waals surface area contributed by atoms with E-state index in [0.29, 0.717) is 23.4 Å². The largest absolute Gasteiger partial charge is 0.361 e. The summed E-state index contributed by atoms with van der Waals surface area (Å²) in [5.41, 5.74) is 3.74. The van der Waals surface area contributed by atoms with Crippen LogP contribution in [0.1, 0.15) is 13.8 Å². The second kappa shape index (κ2) is 8.54. The van der Waals surface area contributed by atoms with Gasteiger partial charge in [0, 0.05) is 49.2 Å². The Bertz CT molecular complexity index is 1470. The van der Waals surface area contributed by atoms with Crippen LogP contribution in [-0.4, -0.2) is 39.7 Å². The Kier molecular flexibility index (Phi) is 5.54. The van der Waals surface area contributed by atoms with Crippen molar-refractivity contribution < 1.29 is 4.39 Å². The van der Waals surface area contributed by atoms with Gasteiger partial charge in [0.25, 0.3) is 11.4 Å². The molecule has 5 rings (SSSR count). The van der Waals surface area contributed by atoms with Crippen molar-refractivity contribution in [3.05, 3.63) is 75.4 Å². The number of aryl methyl sites for hydroxylation is 1. The highest BCUT2D eigenvalue weighted by Crippen LogP contribution is 2.34. The predicted molar refractivity (Wildman–Crippen MR) is 134 cm³/mol. The molecule has 0 spiro atoms. The lowest BCUT2D eigenvalue weighted by Gasteiger charge is -2.45. The summed E-state index contributed by atoms with van der Waals surface area (Å²) in [7, 11) is 1.72. The molecule has 4 aromatic rings. The molecule has 0 radical (unpaired) electrons. The van der Waals surface area contributed by atoms with Crippen LogP contribution in [0.25, 0.3) is 27.1 Å². The Morgan fingerprint density at radius 3 is 2.50 bits per heavy atom. The van der Waals surface area contributed by atoms with E-state index in [-0.39, 0.29) is 23.5 Å². The number of fused-ring (bicyclic) bond motifs is 1. The molecule has 7 nitrogen and oxygen atoms in total. The maximum absolute atomic E-state index is 13.3. The van der Waals surface area contributed by atoms with E-state index in [0.717, 1.165) is 28.6 Å². The van der Waals surface area contributed by atoms with Crippen molar-refractivity contribution in [3.63, 3.8) is 0 Å². The molecule has 2 atom stereocenters. The third-order valence-corrected chi connectivity index (χ3v) is 7.22. The quantitative estimate of drug-likeness (QED) is 0.397. The molecule has 1 aliphatic rings. The van der Waals surface area contributed by atoms with Crippen LogP contribution in [0.5, 0.6) is 0 Å². The third kappa shape index (κ3) is 3.80. The van der Waals surface area contributed by atoms with Crippen LogP contribution < -0.4 is 15.4 Å². The molecule has 34 heavy (non-hydrogen) atoms. The zero-order valence-corrected chi connectivity index (χ0v) is 19.9. The summed E-state index contributed by atoms with van der Waals surface area (Å²) in [5, 5.41) is 2.91. The van der Waals surface area contributed by atoms with E-state index < -0.39 is 0 Å². The standard InChI is InChI=1S/C25H23FN6OS/c1-15-13-32(25-28-19(14-34-25)17-5-7-18(26)8-6-17)16(2)12-31(15)21-11-23(33)30(4)20-9-10-22(27-3)29-24(20)21/h5-11,14-16H,12-13H2,1-2,4H3/t15-,16+/m0/s1. The van der Waals surface area contributed by atoms with Gasteiger partial charge in [-0.3, -0.25) is 4.79 Å². The number of piperazine rings is 1. The number of pyridine rings is 2. The Morgan fingerprint density at radius 2 is 1.76 bits per heavy atom. The number of hydrogen-bond acceptors (Lipinski definition) is 6. The molecule has 0 unspecified atom stereocenters. The fourth-order valence-electron chi connectivity index (χ4n) is 4.46. The highest BCUT2D eigenvalue weighted by atomic mass is 32.1. The fourth-order valence-corrected chi connectivity index (χ4v) is 5.41. The number of rotatable bonds is 3. The molecule has 1 aromatic carbocycles. The Labute approximate surface area is 200 Å². The average Bonchev–Trinajstić information content (AvgIpc) is 3.33. The maximum atomic E-state index is 13.3. The second-order valence-electron chi connectivity index (χ2n) is 8.60. The van der Waals surface area contributed by atoms with E-state index in [1.807, 2.05) is 5.38 Å². The number of anilines is 2. The van der Waals surface area contributed by atoms with Crippen LogP contribution in [0.2, 0.25) is 0 Å². The lowest BCUT2D eigenvalue weighted by molar-refractivity contribution is 0.481. The molecule has 172 valence electrons. The Morgan fingerprint density at radius 1 is 1.06 bits per heavy atom. The average molecular weight is 475 g/mol. The van der Waals surface area contributed by atoms with Crippen molar-refractivity contribution >= 4 is 39.0 Å². The molecular formula is C25H23FN6OS. The van der Waals surface area contributed by atoms with E-state index in [2.05, 4.69) is 33.5 Å². The Hall–Kier alpha value is -3.77. The van der Waals surface area contributed by atoms with Crippen LogP contribution in [-0.2, 0) is 7.05 Å². The first-order valence-electron chi connectivity index (χ1n) is 11.0. The molecule has 4 heterocycles. The van der Waals surface area contributed by atoms with E-state index >= 15 is 0 Å². The lowest BCUT2D eigenvalue weighted by Crippen LogP contribution is -2.57. The van der Waals surface area contributed by atoms with Gasteiger partial charge in [-0.2, -0.15) is 0 Å². The highest BCUT2D eigenvalue weighted by Gasteiger charge is 2.33. The number of halogens is 1. The molecular weight excluding hydrogens is 451 g/mol. The number of benzene rings is 1. The van der Waals surface area contributed by atoms with Crippen LogP contribution in [0.15, 0.2) is 52.6 Å². The molecule has 0 N–H and O–H groups in total. The highest BCUT2D eigenvalue weighted by molar-refractivity contribution is 7.14. The lowest BCUT2D eigenvalue weighted by atomic mass is 10.1. The number of thiazole rings is 1. The molecule has 1 aliphatic heterocycles. The first kappa shape index (κ1) is 22.0. The zero-order chi connectivity index (χ0) is 24.0. The Balaban J connectivity index is 1.46. The van der Waals surface area contributed by atoms with Gasteiger partial charge in [0.1, 0.15) is 5.82 Å². The monoisotopic (exact) mass is 474 g/mol. The van der Waals surface area contributed by atoms with Crippen LogP contribution in [0.3, 0.4) is 0 Å². The summed E-state index contributed by atoms with van der Waals surface area (Å²) in [6.07, 6.45) is 0. The van der Waals surface area contributed by atoms with E-state index in [9.17, 15) is 9.18 Å². The summed E-state index contributed by atoms with van der Waals surface area (Å²) in [6, 6.07) is 11.6. The first-order chi connectivity index (χ1) is 16.4. The summed E-state index contributed by atoms with van der Waals surface area (Å²) < 4.78 is 14.9. The number of nitrogens with zero attached hydrogens (tertiary/aromatic N) is 6. The molecule has 0 bridgehead atoms. The molecule has 9 heteroatoms. The van der Waals surface area contributed by atoms with Crippen LogP contribution in [0.4, 0.5) is 21.0 Å². The fraction of sp³-hybridized carbons (Fsp3) is 0.280.